The summed E-state index contributed by atoms with van der Waals surface area (Å²) in [6, 6.07) is 0.348. The zero-order chi connectivity index (χ0) is 14.1. The molecule has 1 aromatic heterocycles. The van der Waals surface area contributed by atoms with Crippen LogP contribution in [0.1, 0.15) is 36.0 Å². The highest BCUT2D eigenvalue weighted by molar-refractivity contribution is 7.11. The van der Waals surface area contributed by atoms with Gasteiger partial charge in [0.15, 0.2) is 5.82 Å². The number of morpholine rings is 1. The van der Waals surface area contributed by atoms with Gasteiger partial charge in [-0.15, -0.1) is 0 Å². The van der Waals surface area contributed by atoms with Crippen molar-refractivity contribution in [3.05, 3.63) is 5.56 Å². The first kappa shape index (κ1) is 13.6. The molecule has 7 heteroatoms. The van der Waals surface area contributed by atoms with Gasteiger partial charge >= 0.3 is 0 Å². The Hall–Kier alpha value is -1.34. The summed E-state index contributed by atoms with van der Waals surface area (Å²) in [6.07, 6.45) is 4.92. The van der Waals surface area contributed by atoms with Gasteiger partial charge in [0.2, 0.25) is 0 Å². The summed E-state index contributed by atoms with van der Waals surface area (Å²) in [5.74, 6) is 0.160. The van der Waals surface area contributed by atoms with Gasteiger partial charge in [-0.2, -0.15) is 4.37 Å². The molecule has 6 nitrogen and oxygen atoms in total. The lowest BCUT2D eigenvalue weighted by atomic mass is 9.90. The Balaban J connectivity index is 1.93. The first-order valence-corrected chi connectivity index (χ1v) is 7.85. The van der Waals surface area contributed by atoms with Crippen LogP contribution in [0, 0.1) is 0 Å². The van der Waals surface area contributed by atoms with Crippen LogP contribution >= 0.6 is 11.5 Å². The molecule has 0 bridgehead atoms. The Morgan fingerprint density at radius 2 is 2.30 bits per heavy atom. The van der Waals surface area contributed by atoms with Crippen LogP contribution in [0.25, 0.3) is 0 Å². The maximum atomic E-state index is 12.0. The molecule has 2 aliphatic rings. The van der Waals surface area contributed by atoms with E-state index in [1.54, 1.807) is 7.05 Å². The van der Waals surface area contributed by atoms with Crippen LogP contribution in [0.5, 0.6) is 0 Å². The van der Waals surface area contributed by atoms with E-state index in [4.69, 9.17) is 10.5 Å². The molecule has 2 heterocycles. The standard InChI is InChI=1S/C13H20N4O2S/c1-15-12(18)10-11(14)16-20-13(10)17-6-7-19-9-5-3-2-4-8(9)17/h8-9H,2-7H2,1H3,(H2,14,16)(H,15,18). The van der Waals surface area contributed by atoms with Gasteiger partial charge in [-0.1, -0.05) is 12.8 Å². The van der Waals surface area contributed by atoms with Gasteiger partial charge in [0, 0.05) is 13.6 Å². The average Bonchev–Trinajstić information content (AvgIpc) is 2.87. The minimum absolute atomic E-state index is 0.162. The number of anilines is 2. The van der Waals surface area contributed by atoms with E-state index in [1.165, 1.54) is 24.4 Å². The first-order chi connectivity index (χ1) is 9.72. The fourth-order valence-corrected chi connectivity index (χ4v) is 4.07. The average molecular weight is 296 g/mol. The van der Waals surface area contributed by atoms with Gasteiger partial charge in [0.05, 0.1) is 18.8 Å². The molecule has 1 amide bonds. The van der Waals surface area contributed by atoms with Crippen molar-refractivity contribution in [1.82, 2.24) is 9.69 Å². The number of hydrogen-bond donors (Lipinski definition) is 2. The van der Waals surface area contributed by atoms with Gasteiger partial charge in [0.1, 0.15) is 10.6 Å². The van der Waals surface area contributed by atoms with Gasteiger partial charge in [-0.25, -0.2) is 0 Å². The van der Waals surface area contributed by atoms with Crippen LogP contribution < -0.4 is 16.0 Å². The molecular weight excluding hydrogens is 276 g/mol. The zero-order valence-electron chi connectivity index (χ0n) is 11.6. The number of fused-ring (bicyclic) bond motifs is 1. The van der Waals surface area contributed by atoms with E-state index in [1.807, 2.05) is 0 Å². The summed E-state index contributed by atoms with van der Waals surface area (Å²) in [6.45, 7) is 1.50. The number of amides is 1. The number of nitrogens with one attached hydrogen (secondary N) is 1. The molecule has 1 saturated carbocycles. The number of nitrogen functional groups attached to an aromatic ring is 1. The second-order valence-corrected chi connectivity index (χ2v) is 6.03. The molecule has 0 spiro atoms. The number of aromatic nitrogens is 1. The van der Waals surface area contributed by atoms with Crippen LogP contribution in [0.3, 0.4) is 0 Å². The van der Waals surface area contributed by atoms with Crippen LogP contribution in [0.4, 0.5) is 10.8 Å². The molecule has 0 aromatic carbocycles. The molecule has 0 radical (unpaired) electrons. The molecular formula is C13H20N4O2S. The summed E-state index contributed by atoms with van der Waals surface area (Å²) in [7, 11) is 1.62. The van der Waals surface area contributed by atoms with Gasteiger partial charge in [-0.3, -0.25) is 4.79 Å². The summed E-state index contributed by atoms with van der Waals surface area (Å²) in [4.78, 5) is 14.3. The molecule has 20 heavy (non-hydrogen) atoms. The SMILES string of the molecule is CNC(=O)c1c(N)nsc1N1CCOC2CCCCC21. The maximum Gasteiger partial charge on any atom is 0.257 e. The number of carbonyl (C=O) groups is 1. The van der Waals surface area contributed by atoms with Crippen molar-refractivity contribution in [3.63, 3.8) is 0 Å². The van der Waals surface area contributed by atoms with Gasteiger partial charge in [0.25, 0.3) is 5.91 Å². The fourth-order valence-electron chi connectivity index (χ4n) is 3.18. The van der Waals surface area contributed by atoms with Crippen LogP contribution in [0.15, 0.2) is 0 Å². The third kappa shape index (κ3) is 2.25. The number of nitrogens with two attached hydrogens (primary N) is 1. The van der Waals surface area contributed by atoms with Crippen molar-refractivity contribution in [2.75, 3.05) is 30.8 Å². The number of hydrogen-bond acceptors (Lipinski definition) is 6. The lowest BCUT2D eigenvalue weighted by Crippen LogP contribution is -2.53. The number of rotatable bonds is 2. The van der Waals surface area contributed by atoms with E-state index < -0.39 is 0 Å². The monoisotopic (exact) mass is 296 g/mol. The third-order valence-corrected chi connectivity index (χ3v) is 5.05. The highest BCUT2D eigenvalue weighted by Gasteiger charge is 2.37. The molecule has 1 saturated heterocycles. The molecule has 3 rings (SSSR count). The van der Waals surface area contributed by atoms with Crippen molar-refractivity contribution < 1.29 is 9.53 Å². The summed E-state index contributed by atoms with van der Waals surface area (Å²) in [5, 5.41) is 3.54. The molecule has 2 fully saturated rings. The predicted molar refractivity (Wildman–Crippen MR) is 79.3 cm³/mol. The lowest BCUT2D eigenvalue weighted by Gasteiger charge is -2.44. The quantitative estimate of drug-likeness (QED) is 0.858. The highest BCUT2D eigenvalue weighted by atomic mass is 32.1. The van der Waals surface area contributed by atoms with Gasteiger partial charge < -0.3 is 20.7 Å². The Labute approximate surface area is 122 Å². The molecule has 2 atom stereocenters. The molecule has 1 aromatic rings. The summed E-state index contributed by atoms with van der Waals surface area (Å²) >= 11 is 1.32. The van der Waals surface area contributed by atoms with E-state index in [-0.39, 0.29) is 12.0 Å². The van der Waals surface area contributed by atoms with E-state index in [0.717, 1.165) is 24.4 Å². The normalized spacial score (nSPS) is 26.1. The largest absolute Gasteiger partial charge is 0.382 e. The van der Waals surface area contributed by atoms with Crippen molar-refractivity contribution in [2.45, 2.75) is 37.8 Å². The number of nitrogens with zero attached hydrogens (tertiary/aromatic N) is 2. The molecule has 3 N–H and O–H groups in total. The highest BCUT2D eigenvalue weighted by Crippen LogP contribution is 2.37. The van der Waals surface area contributed by atoms with Crippen molar-refractivity contribution >= 4 is 28.3 Å². The Bertz CT molecular complexity index is 503. The zero-order valence-corrected chi connectivity index (χ0v) is 12.4. The number of carbonyl (C=O) groups excluding carboxylic acids is 1. The van der Waals surface area contributed by atoms with Gasteiger partial charge in [-0.05, 0) is 24.4 Å². The molecule has 110 valence electrons. The Kier molecular flexibility index (Phi) is 3.80. The van der Waals surface area contributed by atoms with E-state index in [9.17, 15) is 4.79 Å². The minimum Gasteiger partial charge on any atom is -0.382 e. The third-order valence-electron chi connectivity index (χ3n) is 4.15. The van der Waals surface area contributed by atoms with Crippen molar-refractivity contribution in [2.24, 2.45) is 0 Å². The molecule has 1 aliphatic carbocycles. The second kappa shape index (κ2) is 5.57. The minimum atomic E-state index is -0.162. The van der Waals surface area contributed by atoms with Crippen molar-refractivity contribution in [3.8, 4) is 0 Å². The van der Waals surface area contributed by atoms with Crippen LogP contribution in [-0.2, 0) is 4.74 Å². The predicted octanol–water partition coefficient (Wildman–Crippen LogP) is 1.23. The van der Waals surface area contributed by atoms with E-state index in [0.29, 0.717) is 24.0 Å². The Morgan fingerprint density at radius 1 is 1.50 bits per heavy atom. The smallest absolute Gasteiger partial charge is 0.257 e. The van der Waals surface area contributed by atoms with Crippen LogP contribution in [-0.4, -0.2) is 42.6 Å². The van der Waals surface area contributed by atoms with Crippen molar-refractivity contribution in [1.29, 1.82) is 0 Å². The topological polar surface area (TPSA) is 80.5 Å². The van der Waals surface area contributed by atoms with Crippen LogP contribution in [0.2, 0.25) is 0 Å². The summed E-state index contributed by atoms with van der Waals surface area (Å²) < 4.78 is 10.1. The second-order valence-electron chi connectivity index (χ2n) is 5.28. The summed E-state index contributed by atoms with van der Waals surface area (Å²) in [5.41, 5.74) is 6.39. The molecule has 2 unspecified atom stereocenters. The first-order valence-electron chi connectivity index (χ1n) is 7.08. The Morgan fingerprint density at radius 3 is 3.10 bits per heavy atom. The van der Waals surface area contributed by atoms with E-state index in [2.05, 4.69) is 14.6 Å². The number of ether oxygens (including phenoxy) is 1. The van der Waals surface area contributed by atoms with E-state index >= 15 is 0 Å². The fraction of sp³-hybridized carbons (Fsp3) is 0.692. The lowest BCUT2D eigenvalue weighted by molar-refractivity contribution is -0.00846. The molecule has 1 aliphatic heterocycles. The maximum absolute atomic E-state index is 12.0.